The molecule has 1 aliphatic carbocycles. The van der Waals surface area contributed by atoms with Crippen LogP contribution in [0, 0.1) is 0 Å². The first-order valence-electron chi connectivity index (χ1n) is 10.9. The van der Waals surface area contributed by atoms with Gasteiger partial charge in [-0.05, 0) is 49.2 Å². The van der Waals surface area contributed by atoms with Crippen molar-refractivity contribution >= 4 is 29.0 Å². The zero-order valence-electron chi connectivity index (χ0n) is 19.1. The predicted octanol–water partition coefficient (Wildman–Crippen LogP) is 8.63. The lowest BCUT2D eigenvalue weighted by Gasteiger charge is -2.31. The minimum Gasteiger partial charge on any atom is -0.383 e. The third-order valence-electron chi connectivity index (χ3n) is 5.95. The van der Waals surface area contributed by atoms with Crippen molar-refractivity contribution in [2.24, 2.45) is 10.7 Å². The summed E-state index contributed by atoms with van der Waals surface area (Å²) in [6, 6.07) is 4.95. The Morgan fingerprint density at radius 2 is 1.46 bits per heavy atom. The molecule has 1 aromatic heterocycles. The second-order valence-electron chi connectivity index (χ2n) is 8.75. The SMILES string of the molecule is NC(=NC1CC1)c1cc(-n2ccc(-c3c(Cl)cc(C(F)(C(F)(F)F)C(F)(F)F)cc3C(F)(F)F)c2)ccc1Cl. The van der Waals surface area contributed by atoms with Crippen molar-refractivity contribution in [3.05, 3.63) is 75.5 Å². The van der Waals surface area contributed by atoms with Crippen molar-refractivity contribution in [2.45, 2.75) is 43.1 Å². The third-order valence-corrected chi connectivity index (χ3v) is 6.58. The predicted molar refractivity (Wildman–Crippen MR) is 125 cm³/mol. The van der Waals surface area contributed by atoms with Crippen LogP contribution in [0.2, 0.25) is 10.0 Å². The first-order valence-corrected chi connectivity index (χ1v) is 11.7. The van der Waals surface area contributed by atoms with E-state index in [4.69, 9.17) is 28.9 Å². The lowest BCUT2D eigenvalue weighted by molar-refractivity contribution is -0.348. The van der Waals surface area contributed by atoms with Crippen LogP contribution in [-0.2, 0) is 11.8 Å². The zero-order valence-corrected chi connectivity index (χ0v) is 20.6. The van der Waals surface area contributed by atoms with Gasteiger partial charge >= 0.3 is 24.2 Å². The number of nitrogens with two attached hydrogens (primary N) is 1. The van der Waals surface area contributed by atoms with E-state index in [-0.39, 0.29) is 28.5 Å². The van der Waals surface area contributed by atoms with E-state index in [2.05, 4.69) is 4.99 Å². The van der Waals surface area contributed by atoms with Gasteiger partial charge < -0.3 is 10.3 Å². The molecular weight excluding hydrogens is 591 g/mol. The van der Waals surface area contributed by atoms with E-state index >= 15 is 0 Å². The Kier molecular flexibility index (Phi) is 7.16. The number of nitrogens with zero attached hydrogens (tertiary/aromatic N) is 2. The smallest absolute Gasteiger partial charge is 0.383 e. The topological polar surface area (TPSA) is 43.3 Å². The summed E-state index contributed by atoms with van der Waals surface area (Å²) < 4.78 is 137. The summed E-state index contributed by atoms with van der Waals surface area (Å²) in [6.45, 7) is 0. The molecule has 2 N–H and O–H groups in total. The van der Waals surface area contributed by atoms with E-state index in [1.807, 2.05) is 0 Å². The minimum absolute atomic E-state index is 0.0616. The van der Waals surface area contributed by atoms with Crippen LogP contribution in [0.5, 0.6) is 0 Å². The van der Waals surface area contributed by atoms with Crippen molar-refractivity contribution in [3.63, 3.8) is 0 Å². The lowest BCUT2D eigenvalue weighted by atomic mass is 9.89. The van der Waals surface area contributed by atoms with Gasteiger partial charge in [0.1, 0.15) is 5.84 Å². The van der Waals surface area contributed by atoms with Crippen molar-refractivity contribution in [1.82, 2.24) is 4.57 Å². The van der Waals surface area contributed by atoms with Crippen LogP contribution in [0.3, 0.4) is 0 Å². The number of hydrogen-bond donors (Lipinski definition) is 1. The van der Waals surface area contributed by atoms with Gasteiger partial charge in [0.15, 0.2) is 0 Å². The van der Waals surface area contributed by atoms with Crippen LogP contribution in [0.4, 0.5) is 43.9 Å². The fourth-order valence-corrected chi connectivity index (χ4v) is 4.40. The molecular formula is C24H15Cl2F10N3. The Labute approximate surface area is 223 Å². The second kappa shape index (κ2) is 9.61. The number of hydrogen-bond acceptors (Lipinski definition) is 1. The highest BCUT2D eigenvalue weighted by atomic mass is 35.5. The highest BCUT2D eigenvalue weighted by Crippen LogP contribution is 2.55. The highest BCUT2D eigenvalue weighted by Gasteiger charge is 2.73. The Bertz CT molecular complexity index is 1420. The molecule has 2 aromatic carbocycles. The molecule has 1 heterocycles. The Hall–Kier alpha value is -2.93. The van der Waals surface area contributed by atoms with Gasteiger partial charge in [-0.3, -0.25) is 4.99 Å². The Morgan fingerprint density at radius 3 is 2.00 bits per heavy atom. The summed E-state index contributed by atoms with van der Waals surface area (Å²) in [5.74, 6) is 0.138. The second-order valence-corrected chi connectivity index (χ2v) is 9.56. The molecule has 0 amide bonds. The van der Waals surface area contributed by atoms with E-state index < -0.39 is 52.0 Å². The van der Waals surface area contributed by atoms with Crippen LogP contribution in [0.1, 0.15) is 29.5 Å². The molecule has 0 bridgehead atoms. The molecule has 39 heavy (non-hydrogen) atoms. The van der Waals surface area contributed by atoms with Gasteiger partial charge in [0.05, 0.1) is 16.6 Å². The number of rotatable bonds is 5. The molecule has 3 aromatic rings. The van der Waals surface area contributed by atoms with Gasteiger partial charge in [0.25, 0.3) is 0 Å². The van der Waals surface area contributed by atoms with Crippen molar-refractivity contribution in [1.29, 1.82) is 0 Å². The van der Waals surface area contributed by atoms with Gasteiger partial charge in [-0.15, -0.1) is 0 Å². The molecule has 4 rings (SSSR count). The monoisotopic (exact) mass is 605 g/mol. The molecule has 1 fully saturated rings. The summed E-state index contributed by atoms with van der Waals surface area (Å²) in [7, 11) is 0. The van der Waals surface area contributed by atoms with Crippen LogP contribution in [-0.4, -0.2) is 28.8 Å². The van der Waals surface area contributed by atoms with Crippen molar-refractivity contribution in [3.8, 4) is 16.8 Å². The van der Waals surface area contributed by atoms with Crippen LogP contribution in [0.25, 0.3) is 16.8 Å². The number of benzene rings is 2. The summed E-state index contributed by atoms with van der Waals surface area (Å²) >= 11 is 12.0. The summed E-state index contributed by atoms with van der Waals surface area (Å²) in [5.41, 5.74) is -5.02. The number of amidine groups is 1. The zero-order chi connectivity index (χ0) is 29.1. The summed E-state index contributed by atoms with van der Waals surface area (Å²) in [6.07, 6.45) is -14.7. The first-order chi connectivity index (χ1) is 17.8. The van der Waals surface area contributed by atoms with Crippen molar-refractivity contribution in [2.75, 3.05) is 0 Å². The molecule has 0 aliphatic heterocycles. The number of aliphatic imine (C=N–C) groups is 1. The highest BCUT2D eigenvalue weighted by molar-refractivity contribution is 6.34. The Balaban J connectivity index is 1.84. The quantitative estimate of drug-likeness (QED) is 0.177. The molecule has 0 radical (unpaired) electrons. The van der Waals surface area contributed by atoms with Crippen LogP contribution < -0.4 is 5.73 Å². The van der Waals surface area contributed by atoms with E-state index in [0.717, 1.165) is 25.1 Å². The van der Waals surface area contributed by atoms with Crippen LogP contribution in [0.15, 0.2) is 53.8 Å². The van der Waals surface area contributed by atoms with E-state index in [0.29, 0.717) is 11.3 Å². The summed E-state index contributed by atoms with van der Waals surface area (Å²) in [4.78, 5) is 4.29. The molecule has 0 unspecified atom stereocenters. The van der Waals surface area contributed by atoms with Gasteiger partial charge in [0.2, 0.25) is 0 Å². The number of aromatic nitrogens is 1. The molecule has 15 heteroatoms. The maximum Gasteiger partial charge on any atom is 0.435 e. The number of alkyl halides is 10. The molecule has 0 atom stereocenters. The third kappa shape index (κ3) is 5.43. The molecule has 0 saturated heterocycles. The van der Waals surface area contributed by atoms with Gasteiger partial charge in [-0.25, -0.2) is 4.39 Å². The Morgan fingerprint density at radius 1 is 0.846 bits per heavy atom. The molecule has 1 saturated carbocycles. The van der Waals surface area contributed by atoms with Gasteiger partial charge in [-0.1, -0.05) is 23.2 Å². The molecule has 1 aliphatic rings. The average Bonchev–Trinajstić information content (AvgIpc) is 3.48. The first kappa shape index (κ1) is 29.1. The minimum atomic E-state index is -6.63. The van der Waals surface area contributed by atoms with Crippen molar-refractivity contribution < 1.29 is 43.9 Å². The van der Waals surface area contributed by atoms with E-state index in [1.54, 1.807) is 0 Å². The summed E-state index contributed by atoms with van der Waals surface area (Å²) in [5, 5.41) is -0.930. The largest absolute Gasteiger partial charge is 0.435 e. The maximum atomic E-state index is 14.6. The number of halogens is 12. The lowest BCUT2D eigenvalue weighted by Crippen LogP contribution is -2.50. The molecule has 0 spiro atoms. The fraction of sp³-hybridized carbons (Fsp3) is 0.292. The average molecular weight is 606 g/mol. The standard InChI is InChI=1S/C24H15Cl2F10N3/c25-17-4-3-14(9-15(17)20(37)38-13-1-2-13)39-6-5-11(10-39)19-16(22(28,29)30)7-12(8-18(19)26)21(27,23(31,32)33)24(34,35)36/h3-10,13H,1-2H2,(H2,37,38). The van der Waals surface area contributed by atoms with Gasteiger partial charge in [0, 0.05) is 45.4 Å². The van der Waals surface area contributed by atoms with E-state index in [9.17, 15) is 43.9 Å². The maximum absolute atomic E-state index is 14.6. The normalized spacial score (nSPS) is 15.6. The van der Waals surface area contributed by atoms with Gasteiger partial charge in [-0.2, -0.15) is 39.5 Å². The molecule has 210 valence electrons. The fourth-order valence-electron chi connectivity index (χ4n) is 3.86. The van der Waals surface area contributed by atoms with E-state index in [1.165, 1.54) is 29.0 Å². The molecule has 3 nitrogen and oxygen atoms in total. The van der Waals surface area contributed by atoms with Crippen LogP contribution >= 0.6 is 23.2 Å².